The Bertz CT molecular complexity index is 1200. The van der Waals surface area contributed by atoms with Gasteiger partial charge in [-0.15, -0.1) is 0 Å². The molecular formula is C22H22N2O3. The number of anilines is 1. The van der Waals surface area contributed by atoms with Gasteiger partial charge in [0.2, 0.25) is 0 Å². The lowest BCUT2D eigenvalue weighted by Crippen LogP contribution is -2.06. The third kappa shape index (κ3) is 3.33. The zero-order chi connectivity index (χ0) is 19.1. The molecule has 0 saturated carbocycles. The van der Waals surface area contributed by atoms with Crippen LogP contribution in [0, 0.1) is 13.8 Å². The maximum absolute atomic E-state index is 12.0. The second kappa shape index (κ2) is 6.58. The first kappa shape index (κ1) is 17.3. The van der Waals surface area contributed by atoms with E-state index in [1.54, 1.807) is 6.07 Å². The molecule has 0 aliphatic heterocycles. The topological polar surface area (TPSA) is 68.3 Å². The van der Waals surface area contributed by atoms with Crippen LogP contribution in [0.25, 0.3) is 22.1 Å². The highest BCUT2D eigenvalue weighted by Crippen LogP contribution is 2.27. The Morgan fingerprint density at radius 3 is 2.63 bits per heavy atom. The van der Waals surface area contributed by atoms with Crippen molar-refractivity contribution in [3.05, 3.63) is 69.4 Å². The van der Waals surface area contributed by atoms with Crippen LogP contribution in [0.3, 0.4) is 0 Å². The van der Waals surface area contributed by atoms with Gasteiger partial charge in [-0.3, -0.25) is 0 Å². The van der Waals surface area contributed by atoms with Gasteiger partial charge in [-0.1, -0.05) is 13.8 Å². The van der Waals surface area contributed by atoms with Gasteiger partial charge in [-0.05, 0) is 59.9 Å². The summed E-state index contributed by atoms with van der Waals surface area (Å²) in [6.45, 7) is 8.73. The maximum atomic E-state index is 12.0. The normalized spacial score (nSPS) is 11.6. The fourth-order valence-corrected chi connectivity index (χ4v) is 3.51. The summed E-state index contributed by atoms with van der Waals surface area (Å²) in [7, 11) is 0. The van der Waals surface area contributed by atoms with E-state index in [1.807, 2.05) is 31.2 Å². The van der Waals surface area contributed by atoms with Crippen molar-refractivity contribution in [1.29, 1.82) is 0 Å². The number of nitrogens with one attached hydrogen (secondary N) is 1. The monoisotopic (exact) mass is 362 g/mol. The van der Waals surface area contributed by atoms with Crippen molar-refractivity contribution in [3.63, 3.8) is 0 Å². The van der Waals surface area contributed by atoms with Gasteiger partial charge in [0.1, 0.15) is 11.1 Å². The summed E-state index contributed by atoms with van der Waals surface area (Å²) < 4.78 is 10.9. The first-order valence-corrected chi connectivity index (χ1v) is 9.09. The van der Waals surface area contributed by atoms with E-state index in [1.165, 1.54) is 5.56 Å². The molecule has 0 aliphatic rings. The number of nitrogens with zero attached hydrogens (tertiary/aromatic N) is 1. The molecule has 2 aromatic carbocycles. The maximum Gasteiger partial charge on any atom is 0.336 e. The Kier molecular flexibility index (Phi) is 4.22. The van der Waals surface area contributed by atoms with Gasteiger partial charge in [0.15, 0.2) is 11.5 Å². The SMILES string of the molecule is Cc1nc2cc(NCc3cc(=O)oc4cc(C)c(C(C)C)cc34)ccc2o1. The van der Waals surface area contributed by atoms with Crippen molar-refractivity contribution in [2.75, 3.05) is 5.32 Å². The lowest BCUT2D eigenvalue weighted by atomic mass is 9.95. The van der Waals surface area contributed by atoms with Crippen LogP contribution in [-0.4, -0.2) is 4.98 Å². The van der Waals surface area contributed by atoms with Gasteiger partial charge >= 0.3 is 5.63 Å². The lowest BCUT2D eigenvalue weighted by molar-refractivity contribution is 0.558. The Morgan fingerprint density at radius 1 is 1.04 bits per heavy atom. The van der Waals surface area contributed by atoms with E-state index in [-0.39, 0.29) is 5.63 Å². The van der Waals surface area contributed by atoms with Gasteiger partial charge in [0.25, 0.3) is 0 Å². The van der Waals surface area contributed by atoms with E-state index in [2.05, 4.69) is 37.1 Å². The van der Waals surface area contributed by atoms with Crippen LogP contribution in [0.1, 0.15) is 42.3 Å². The Balaban J connectivity index is 1.71. The van der Waals surface area contributed by atoms with Crippen LogP contribution in [0.4, 0.5) is 5.69 Å². The van der Waals surface area contributed by atoms with Crippen LogP contribution in [0.2, 0.25) is 0 Å². The van der Waals surface area contributed by atoms with E-state index in [4.69, 9.17) is 8.83 Å². The molecule has 0 radical (unpaired) electrons. The Morgan fingerprint density at radius 2 is 1.85 bits per heavy atom. The van der Waals surface area contributed by atoms with E-state index in [9.17, 15) is 4.79 Å². The molecule has 0 spiro atoms. The van der Waals surface area contributed by atoms with Crippen LogP contribution < -0.4 is 10.9 Å². The van der Waals surface area contributed by atoms with Gasteiger partial charge in [-0.25, -0.2) is 9.78 Å². The minimum absolute atomic E-state index is 0.335. The number of oxazole rings is 1. The quantitative estimate of drug-likeness (QED) is 0.500. The number of aromatic nitrogens is 1. The first-order chi connectivity index (χ1) is 12.9. The second-order valence-corrected chi connectivity index (χ2v) is 7.22. The van der Waals surface area contributed by atoms with Crippen LogP contribution in [-0.2, 0) is 6.54 Å². The Labute approximate surface area is 157 Å². The summed E-state index contributed by atoms with van der Waals surface area (Å²) >= 11 is 0. The minimum atomic E-state index is -0.335. The summed E-state index contributed by atoms with van der Waals surface area (Å²) in [4.78, 5) is 16.4. The van der Waals surface area contributed by atoms with Gasteiger partial charge in [-0.2, -0.15) is 0 Å². The van der Waals surface area contributed by atoms with Gasteiger partial charge in [0, 0.05) is 30.6 Å². The highest BCUT2D eigenvalue weighted by Gasteiger charge is 2.12. The van der Waals surface area contributed by atoms with E-state index >= 15 is 0 Å². The molecule has 0 aliphatic carbocycles. The molecule has 2 aromatic heterocycles. The third-order valence-electron chi connectivity index (χ3n) is 4.82. The summed E-state index contributed by atoms with van der Waals surface area (Å²) in [5.41, 5.74) is 6.11. The molecule has 5 nitrogen and oxygen atoms in total. The molecule has 0 amide bonds. The van der Waals surface area contributed by atoms with Crippen molar-refractivity contribution in [2.24, 2.45) is 0 Å². The summed E-state index contributed by atoms with van der Waals surface area (Å²) in [6.07, 6.45) is 0. The predicted molar refractivity (Wildman–Crippen MR) is 107 cm³/mol. The molecule has 0 atom stereocenters. The molecule has 2 heterocycles. The number of benzene rings is 2. The summed E-state index contributed by atoms with van der Waals surface area (Å²) in [5.74, 6) is 1.05. The smallest absolute Gasteiger partial charge is 0.336 e. The van der Waals surface area contributed by atoms with Crippen molar-refractivity contribution >= 4 is 27.8 Å². The highest BCUT2D eigenvalue weighted by molar-refractivity contribution is 5.83. The van der Waals surface area contributed by atoms with Crippen molar-refractivity contribution in [2.45, 2.75) is 40.2 Å². The number of hydrogen-bond acceptors (Lipinski definition) is 5. The molecule has 0 saturated heterocycles. The van der Waals surface area contributed by atoms with Crippen LogP contribution >= 0.6 is 0 Å². The minimum Gasteiger partial charge on any atom is -0.441 e. The van der Waals surface area contributed by atoms with Crippen molar-refractivity contribution in [3.8, 4) is 0 Å². The molecule has 27 heavy (non-hydrogen) atoms. The standard InChI is InChI=1S/C22H22N2O3/c1-12(2)17-10-18-15(8-22(25)27-21(18)7-13(17)3)11-23-16-5-6-20-19(9-16)24-14(4)26-20/h5-10,12,23H,11H2,1-4H3. The van der Waals surface area contributed by atoms with Gasteiger partial charge in [0.05, 0.1) is 0 Å². The number of hydrogen-bond donors (Lipinski definition) is 1. The molecule has 0 bridgehead atoms. The van der Waals surface area contributed by atoms with E-state index in [0.717, 1.165) is 33.3 Å². The predicted octanol–water partition coefficient (Wildman–Crippen LogP) is 5.29. The highest BCUT2D eigenvalue weighted by atomic mass is 16.4. The largest absolute Gasteiger partial charge is 0.441 e. The van der Waals surface area contributed by atoms with Crippen molar-refractivity contribution in [1.82, 2.24) is 4.98 Å². The van der Waals surface area contributed by atoms with E-state index < -0.39 is 0 Å². The zero-order valence-electron chi connectivity index (χ0n) is 15.9. The molecule has 5 heteroatoms. The number of rotatable bonds is 4. The average molecular weight is 362 g/mol. The second-order valence-electron chi connectivity index (χ2n) is 7.22. The molecular weight excluding hydrogens is 340 g/mol. The molecule has 138 valence electrons. The average Bonchev–Trinajstić information content (AvgIpc) is 2.97. The lowest BCUT2D eigenvalue weighted by Gasteiger charge is -2.13. The summed E-state index contributed by atoms with van der Waals surface area (Å²) in [6, 6.07) is 11.5. The summed E-state index contributed by atoms with van der Waals surface area (Å²) in [5, 5.41) is 4.35. The molecule has 1 N–H and O–H groups in total. The first-order valence-electron chi connectivity index (χ1n) is 9.09. The van der Waals surface area contributed by atoms with E-state index in [0.29, 0.717) is 23.9 Å². The zero-order valence-corrected chi connectivity index (χ0v) is 15.9. The number of aryl methyl sites for hydroxylation is 2. The number of fused-ring (bicyclic) bond motifs is 2. The van der Waals surface area contributed by atoms with Crippen LogP contribution in [0.5, 0.6) is 0 Å². The van der Waals surface area contributed by atoms with Crippen LogP contribution in [0.15, 0.2) is 50.0 Å². The third-order valence-corrected chi connectivity index (χ3v) is 4.82. The van der Waals surface area contributed by atoms with Crippen molar-refractivity contribution < 1.29 is 8.83 Å². The fraction of sp³-hybridized carbons (Fsp3) is 0.273. The Hall–Kier alpha value is -3.08. The molecule has 0 fully saturated rings. The fourth-order valence-electron chi connectivity index (χ4n) is 3.51. The van der Waals surface area contributed by atoms with Gasteiger partial charge < -0.3 is 14.2 Å². The molecule has 4 rings (SSSR count). The molecule has 0 unspecified atom stereocenters. The molecule has 4 aromatic rings.